The van der Waals surface area contributed by atoms with Crippen molar-refractivity contribution in [2.45, 2.75) is 23.6 Å². The Balaban J connectivity index is 1.80. The molecule has 1 atom stereocenters. The summed E-state index contributed by atoms with van der Waals surface area (Å²) in [6.45, 7) is 1.81. The van der Waals surface area contributed by atoms with Gasteiger partial charge in [-0.2, -0.15) is 0 Å². The fraction of sp³-hybridized carbons (Fsp3) is 0.200. The first-order valence-corrected chi connectivity index (χ1v) is 9.85. The van der Waals surface area contributed by atoms with Gasteiger partial charge in [-0.15, -0.1) is 0 Å². The zero-order valence-electron chi connectivity index (χ0n) is 16.2. The van der Waals surface area contributed by atoms with E-state index in [-0.39, 0.29) is 16.5 Å². The molecular weight excluding hydrogens is 410 g/mol. The first kappa shape index (κ1) is 21.2. The molecule has 0 saturated carbocycles. The summed E-state index contributed by atoms with van der Waals surface area (Å²) in [6, 6.07) is 12.8. The molecule has 0 radical (unpaired) electrons. The molecule has 0 aliphatic heterocycles. The number of amides is 1. The number of aromatic nitrogens is 2. The first-order chi connectivity index (χ1) is 14.4. The molecule has 1 unspecified atom stereocenters. The van der Waals surface area contributed by atoms with E-state index >= 15 is 0 Å². The van der Waals surface area contributed by atoms with Crippen molar-refractivity contribution in [2.75, 3.05) is 12.4 Å². The normalized spacial score (nSPS) is 11.7. The smallest absolute Gasteiger partial charge is 0.335 e. The predicted octanol–water partition coefficient (Wildman–Crippen LogP) is 2.24. The molecule has 1 heterocycles. The van der Waals surface area contributed by atoms with Crippen molar-refractivity contribution in [3.8, 4) is 17.4 Å². The van der Waals surface area contributed by atoms with Crippen LogP contribution in [0.4, 0.5) is 5.69 Å². The Bertz CT molecular complexity index is 1050. The van der Waals surface area contributed by atoms with Crippen LogP contribution in [0.3, 0.4) is 0 Å². The molecule has 156 valence electrons. The number of carboxylic acid groups (broad SMARTS) is 1. The van der Waals surface area contributed by atoms with E-state index in [1.165, 1.54) is 16.8 Å². The number of carboxylic acids is 1. The van der Waals surface area contributed by atoms with Gasteiger partial charge in [-0.3, -0.25) is 4.79 Å². The molecule has 1 aromatic heterocycles. The van der Waals surface area contributed by atoms with Crippen molar-refractivity contribution in [3.63, 3.8) is 0 Å². The second kappa shape index (κ2) is 9.31. The summed E-state index contributed by atoms with van der Waals surface area (Å²) in [5, 5.41) is 27.3. The third kappa shape index (κ3) is 4.71. The zero-order chi connectivity index (χ0) is 21.7. The molecule has 9 nitrogen and oxygen atoms in total. The monoisotopic (exact) mass is 429 g/mol. The molecule has 3 aromatic rings. The number of hydrogen-bond donors (Lipinski definition) is 2. The Kier molecular flexibility index (Phi) is 6.58. The second-order valence-corrected chi connectivity index (χ2v) is 7.36. The predicted molar refractivity (Wildman–Crippen MR) is 106 cm³/mol. The lowest BCUT2D eigenvalue weighted by Gasteiger charge is -2.13. The highest BCUT2D eigenvalue weighted by molar-refractivity contribution is 8.00. The first-order valence-electron chi connectivity index (χ1n) is 8.97. The van der Waals surface area contributed by atoms with Gasteiger partial charge in [-0.05, 0) is 53.2 Å². The molecule has 0 spiro atoms. The van der Waals surface area contributed by atoms with Crippen LogP contribution in [0, 0.1) is 0 Å². The number of nitrogens with zero attached hydrogens (tertiary/aromatic N) is 2. The molecule has 3 rings (SSSR count). The van der Waals surface area contributed by atoms with E-state index in [9.17, 15) is 14.7 Å². The van der Waals surface area contributed by atoms with Gasteiger partial charge in [0.15, 0.2) is 5.95 Å². The molecule has 0 aliphatic carbocycles. The molecule has 1 amide bonds. The van der Waals surface area contributed by atoms with Crippen molar-refractivity contribution in [2.24, 2.45) is 0 Å². The number of rotatable bonds is 8. The lowest BCUT2D eigenvalue weighted by atomic mass is 10.2. The number of nitrogens with one attached hydrogen (secondary N) is 1. The van der Waals surface area contributed by atoms with Crippen molar-refractivity contribution < 1.29 is 33.7 Å². The maximum atomic E-state index is 12.7. The molecule has 2 aromatic carbocycles. The molecule has 0 fully saturated rings. The van der Waals surface area contributed by atoms with E-state index in [1.54, 1.807) is 50.4 Å². The van der Waals surface area contributed by atoms with Crippen molar-refractivity contribution >= 4 is 29.3 Å². The minimum atomic E-state index is -1.09. The highest BCUT2D eigenvalue weighted by atomic mass is 32.2. The lowest BCUT2D eigenvalue weighted by Crippen LogP contribution is -2.36. The van der Waals surface area contributed by atoms with Crippen LogP contribution in [0.15, 0.2) is 58.1 Å². The number of thioether (sulfide) groups is 1. The summed E-state index contributed by atoms with van der Waals surface area (Å²) in [6.07, 6.45) is 0.419. The van der Waals surface area contributed by atoms with Crippen LogP contribution in [0.1, 0.15) is 23.7 Å². The molecule has 30 heavy (non-hydrogen) atoms. The summed E-state index contributed by atoms with van der Waals surface area (Å²) in [5.41, 5.74) is 0.995. The molecule has 0 saturated heterocycles. The quantitative estimate of drug-likeness (QED) is 0.412. The van der Waals surface area contributed by atoms with E-state index < -0.39 is 17.2 Å². The van der Waals surface area contributed by atoms with Gasteiger partial charge in [0.1, 0.15) is 5.75 Å². The average molecular weight is 429 g/mol. The maximum Gasteiger partial charge on any atom is 0.335 e. The van der Waals surface area contributed by atoms with Crippen molar-refractivity contribution in [3.05, 3.63) is 54.1 Å². The SMILES string of the molecule is CCC(Sc1c([O-])on[n+]1-c1ccc(OC)cc1)C(=O)Nc1cccc(C(=O)O)c1. The van der Waals surface area contributed by atoms with E-state index in [4.69, 9.17) is 14.4 Å². The fourth-order valence-corrected chi connectivity index (χ4v) is 3.61. The number of carbonyl (C=O) groups is 2. The molecule has 2 N–H and O–H groups in total. The summed E-state index contributed by atoms with van der Waals surface area (Å²) in [4.78, 5) is 23.8. The zero-order valence-corrected chi connectivity index (χ0v) is 17.0. The Morgan fingerprint density at radius 2 is 2.03 bits per heavy atom. The molecular formula is C20H19N3O6S. The number of carbonyl (C=O) groups excluding carboxylic acids is 1. The third-order valence-corrected chi connectivity index (χ3v) is 5.58. The van der Waals surface area contributed by atoms with E-state index in [0.717, 1.165) is 11.8 Å². The van der Waals surface area contributed by atoms with Gasteiger partial charge in [0.25, 0.3) is 5.03 Å². The van der Waals surface area contributed by atoms with Gasteiger partial charge >= 0.3 is 5.97 Å². The summed E-state index contributed by atoms with van der Waals surface area (Å²) >= 11 is 1.03. The number of ether oxygens (including phenoxy) is 1. The van der Waals surface area contributed by atoms with Crippen molar-refractivity contribution in [1.29, 1.82) is 0 Å². The highest BCUT2D eigenvalue weighted by Crippen LogP contribution is 2.30. The summed E-state index contributed by atoms with van der Waals surface area (Å²) in [5.74, 6) is -1.47. The minimum absolute atomic E-state index is 0.0618. The number of aromatic carboxylic acids is 1. The summed E-state index contributed by atoms with van der Waals surface area (Å²) < 4.78 is 11.3. The maximum absolute atomic E-state index is 12.7. The second-order valence-electron chi connectivity index (χ2n) is 6.17. The van der Waals surface area contributed by atoms with E-state index in [2.05, 4.69) is 10.6 Å². The van der Waals surface area contributed by atoms with Gasteiger partial charge in [0.05, 0.1) is 23.2 Å². The largest absolute Gasteiger partial charge is 0.538 e. The van der Waals surface area contributed by atoms with Crippen LogP contribution >= 0.6 is 11.8 Å². The van der Waals surface area contributed by atoms with Gasteiger partial charge in [0, 0.05) is 17.8 Å². The van der Waals surface area contributed by atoms with E-state index in [0.29, 0.717) is 23.5 Å². The van der Waals surface area contributed by atoms with Gasteiger partial charge in [-0.1, -0.05) is 13.0 Å². The van der Waals surface area contributed by atoms with Crippen LogP contribution in [0.25, 0.3) is 5.69 Å². The van der Waals surface area contributed by atoms with Crippen LogP contribution in [-0.2, 0) is 4.79 Å². The highest BCUT2D eigenvalue weighted by Gasteiger charge is 2.28. The number of methoxy groups -OCH3 is 1. The van der Waals surface area contributed by atoms with Crippen molar-refractivity contribution in [1.82, 2.24) is 5.27 Å². The van der Waals surface area contributed by atoms with Crippen LogP contribution < -0.4 is 19.8 Å². The minimum Gasteiger partial charge on any atom is -0.538 e. The Hall–Kier alpha value is -3.53. The summed E-state index contributed by atoms with van der Waals surface area (Å²) in [7, 11) is 1.55. The Morgan fingerprint density at radius 3 is 2.67 bits per heavy atom. The topological polar surface area (TPSA) is 129 Å². The van der Waals surface area contributed by atoms with E-state index in [1.807, 2.05) is 0 Å². The molecule has 10 heteroatoms. The number of benzene rings is 2. The lowest BCUT2D eigenvalue weighted by molar-refractivity contribution is -0.705. The molecule has 0 aliphatic rings. The standard InChI is InChI=1S/C20H19N3O6S/c1-3-16(17(24)21-13-6-4-5-12(11-13)19(25)26)30-18-20(27)29-22-23(18)14-7-9-15(28-2)10-8-14/h4-11,16H,3H2,1-2H3,(H2-,21,22,24,25,26,27). The molecule has 0 bridgehead atoms. The average Bonchev–Trinajstić information content (AvgIpc) is 3.12. The Morgan fingerprint density at radius 1 is 1.30 bits per heavy atom. The van der Waals surface area contributed by atoms with Crippen LogP contribution in [0.5, 0.6) is 11.7 Å². The van der Waals surface area contributed by atoms with Gasteiger partial charge in [-0.25, -0.2) is 4.79 Å². The number of hydrogen-bond acceptors (Lipinski definition) is 7. The third-order valence-electron chi connectivity index (χ3n) is 4.18. The Labute approximate surface area is 176 Å². The van der Waals surface area contributed by atoms with Crippen LogP contribution in [-0.4, -0.2) is 34.6 Å². The van der Waals surface area contributed by atoms with Gasteiger partial charge in [0.2, 0.25) is 11.6 Å². The number of anilines is 1. The fourth-order valence-electron chi connectivity index (χ4n) is 2.64. The van der Waals surface area contributed by atoms with Crippen LogP contribution in [0.2, 0.25) is 0 Å². The van der Waals surface area contributed by atoms with Gasteiger partial charge < -0.3 is 24.8 Å².